The van der Waals surface area contributed by atoms with Crippen LogP contribution in [0, 0.1) is 17.2 Å². The number of amides is 3. The number of halogens is 1. The van der Waals surface area contributed by atoms with E-state index >= 15 is 0 Å². The Morgan fingerprint density at radius 1 is 1.02 bits per heavy atom. The highest BCUT2D eigenvalue weighted by Gasteiger charge is 2.49. The zero-order valence-electron chi connectivity index (χ0n) is 24.7. The average Bonchev–Trinajstić information content (AvgIpc) is 2.93. The van der Waals surface area contributed by atoms with Crippen molar-refractivity contribution in [2.45, 2.75) is 103 Å². The number of benzene rings is 1. The summed E-state index contributed by atoms with van der Waals surface area (Å²) in [6.07, 6.45) is 7.12. The fourth-order valence-electron chi connectivity index (χ4n) is 6.58. The predicted octanol–water partition coefficient (Wildman–Crippen LogP) is 2.91. The first-order valence-corrected chi connectivity index (χ1v) is 15.1. The van der Waals surface area contributed by atoms with Crippen LogP contribution in [0.25, 0.3) is 0 Å². The third-order valence-corrected chi connectivity index (χ3v) is 8.92. The van der Waals surface area contributed by atoms with Gasteiger partial charge in [0.15, 0.2) is 0 Å². The lowest BCUT2D eigenvalue weighted by Crippen LogP contribution is -2.62. The van der Waals surface area contributed by atoms with Gasteiger partial charge >= 0.3 is 0 Å². The van der Waals surface area contributed by atoms with Crippen LogP contribution in [0.1, 0.15) is 78.2 Å². The Bertz CT molecular complexity index is 1020. The number of hydrogen-bond donors (Lipinski definition) is 4. The molecule has 3 amide bonds. The van der Waals surface area contributed by atoms with Gasteiger partial charge in [-0.1, -0.05) is 31.4 Å². The standard InChI is InChI=1S/C31H48FN5O3/c1-21-19-34-26(20-33-21)27(38)35-25(18-22-10-12-24(32)13-11-22)28(39)37-16-14-31(15-17-37,23-8-6-5-7-9-23)29(40)36-30(2,3)4/h10-13,21,23,25-26,33-34H,5-9,14-20H2,1-4H3,(H,35,38)(H,36,40)/t21-,25+,26-/m0/s1. The maximum atomic E-state index is 13.9. The van der Waals surface area contributed by atoms with Gasteiger partial charge in [-0.25, -0.2) is 4.39 Å². The molecule has 2 heterocycles. The van der Waals surface area contributed by atoms with Gasteiger partial charge in [-0.15, -0.1) is 0 Å². The van der Waals surface area contributed by atoms with Crippen LogP contribution in [0.2, 0.25) is 0 Å². The number of rotatable bonds is 7. The van der Waals surface area contributed by atoms with Crippen LogP contribution in [0.15, 0.2) is 24.3 Å². The molecule has 4 rings (SSSR count). The molecular weight excluding hydrogens is 509 g/mol. The predicted molar refractivity (Wildman–Crippen MR) is 154 cm³/mol. The second-order valence-corrected chi connectivity index (χ2v) is 13.2. The van der Waals surface area contributed by atoms with E-state index in [1.165, 1.54) is 18.6 Å². The third kappa shape index (κ3) is 7.60. The van der Waals surface area contributed by atoms with Crippen molar-refractivity contribution >= 4 is 17.7 Å². The van der Waals surface area contributed by atoms with Crippen molar-refractivity contribution in [2.24, 2.45) is 11.3 Å². The van der Waals surface area contributed by atoms with Crippen LogP contribution in [-0.2, 0) is 20.8 Å². The fraction of sp³-hybridized carbons (Fsp3) is 0.710. The van der Waals surface area contributed by atoms with Gasteiger partial charge in [-0.2, -0.15) is 0 Å². The van der Waals surface area contributed by atoms with Gasteiger partial charge in [0.1, 0.15) is 11.9 Å². The average molecular weight is 558 g/mol. The highest BCUT2D eigenvalue weighted by molar-refractivity contribution is 5.90. The smallest absolute Gasteiger partial charge is 0.245 e. The van der Waals surface area contributed by atoms with Crippen LogP contribution in [-0.4, -0.2) is 72.5 Å². The third-order valence-electron chi connectivity index (χ3n) is 8.92. The molecule has 8 nitrogen and oxygen atoms in total. The van der Waals surface area contributed by atoms with Crippen LogP contribution in [0.5, 0.6) is 0 Å². The molecule has 0 spiro atoms. The molecule has 0 aromatic heterocycles. The largest absolute Gasteiger partial charge is 0.351 e. The number of likely N-dealkylation sites (tertiary alicyclic amines) is 1. The van der Waals surface area contributed by atoms with E-state index < -0.39 is 17.5 Å². The second-order valence-electron chi connectivity index (χ2n) is 13.2. The molecular formula is C31H48FN5O3. The van der Waals surface area contributed by atoms with Gasteiger partial charge in [-0.3, -0.25) is 14.4 Å². The van der Waals surface area contributed by atoms with Gasteiger partial charge in [0.25, 0.3) is 0 Å². The summed E-state index contributed by atoms with van der Waals surface area (Å²) in [6, 6.07) is 5.13. The fourth-order valence-corrected chi connectivity index (χ4v) is 6.58. The Balaban J connectivity index is 1.49. The zero-order chi connectivity index (χ0) is 28.9. The molecule has 40 heavy (non-hydrogen) atoms. The van der Waals surface area contributed by atoms with E-state index in [-0.39, 0.29) is 41.5 Å². The van der Waals surface area contributed by atoms with Crippen molar-refractivity contribution in [3.05, 3.63) is 35.6 Å². The van der Waals surface area contributed by atoms with E-state index in [4.69, 9.17) is 0 Å². The van der Waals surface area contributed by atoms with Crippen LogP contribution >= 0.6 is 0 Å². The van der Waals surface area contributed by atoms with Gasteiger partial charge in [0.2, 0.25) is 17.7 Å². The molecule has 1 aromatic carbocycles. The maximum absolute atomic E-state index is 13.9. The minimum atomic E-state index is -0.773. The Morgan fingerprint density at radius 2 is 1.68 bits per heavy atom. The van der Waals surface area contributed by atoms with Crippen molar-refractivity contribution in [1.82, 2.24) is 26.2 Å². The quantitative estimate of drug-likeness (QED) is 0.413. The van der Waals surface area contributed by atoms with Crippen molar-refractivity contribution < 1.29 is 18.8 Å². The summed E-state index contributed by atoms with van der Waals surface area (Å²) in [5.74, 6) is -0.282. The highest BCUT2D eigenvalue weighted by atomic mass is 19.1. The number of piperidine rings is 1. The van der Waals surface area contributed by atoms with Crippen molar-refractivity contribution in [2.75, 3.05) is 26.2 Å². The van der Waals surface area contributed by atoms with Crippen LogP contribution in [0.3, 0.4) is 0 Å². The van der Waals surface area contributed by atoms with E-state index in [1.807, 2.05) is 32.6 Å². The van der Waals surface area contributed by atoms with Gasteiger partial charge in [0, 0.05) is 44.2 Å². The molecule has 2 saturated heterocycles. The molecule has 9 heteroatoms. The molecule has 3 aliphatic rings. The summed E-state index contributed by atoms with van der Waals surface area (Å²) in [5.41, 5.74) is -0.0218. The molecule has 1 aromatic rings. The SMILES string of the molecule is C[C@H]1CN[C@H](C(=O)N[C@H](Cc2ccc(F)cc2)C(=O)N2CCC(C(=O)NC(C)(C)C)(C3CCCCC3)CC2)CN1. The molecule has 2 aliphatic heterocycles. The van der Waals surface area contributed by atoms with E-state index in [1.54, 1.807) is 12.1 Å². The summed E-state index contributed by atoms with van der Waals surface area (Å²) < 4.78 is 13.6. The molecule has 3 fully saturated rings. The number of nitrogens with zero attached hydrogens (tertiary/aromatic N) is 1. The van der Waals surface area contributed by atoms with Crippen molar-refractivity contribution in [3.63, 3.8) is 0 Å². The van der Waals surface area contributed by atoms with Gasteiger partial charge in [-0.05, 0) is 77.0 Å². The maximum Gasteiger partial charge on any atom is 0.245 e. The molecule has 3 atom stereocenters. The highest BCUT2D eigenvalue weighted by Crippen LogP contribution is 2.46. The summed E-state index contributed by atoms with van der Waals surface area (Å²) in [6.45, 7) is 10.2. The number of nitrogens with one attached hydrogen (secondary N) is 4. The van der Waals surface area contributed by atoms with E-state index in [0.29, 0.717) is 44.9 Å². The van der Waals surface area contributed by atoms with E-state index in [9.17, 15) is 18.8 Å². The normalized spacial score (nSPS) is 24.7. The van der Waals surface area contributed by atoms with Crippen molar-refractivity contribution in [1.29, 1.82) is 0 Å². The lowest BCUT2D eigenvalue weighted by molar-refractivity contribution is -0.147. The minimum Gasteiger partial charge on any atom is -0.351 e. The number of piperazine rings is 1. The van der Waals surface area contributed by atoms with Crippen LogP contribution in [0.4, 0.5) is 4.39 Å². The lowest BCUT2D eigenvalue weighted by Gasteiger charge is -2.48. The molecule has 0 radical (unpaired) electrons. The molecule has 4 N–H and O–H groups in total. The summed E-state index contributed by atoms with van der Waals surface area (Å²) in [4.78, 5) is 42.7. The van der Waals surface area contributed by atoms with Gasteiger partial charge in [0.05, 0.1) is 11.5 Å². The second kappa shape index (κ2) is 13.0. The number of hydrogen-bond acceptors (Lipinski definition) is 5. The lowest BCUT2D eigenvalue weighted by atomic mass is 9.63. The van der Waals surface area contributed by atoms with Crippen molar-refractivity contribution in [3.8, 4) is 0 Å². The van der Waals surface area contributed by atoms with E-state index in [2.05, 4.69) is 21.3 Å². The molecule has 1 aliphatic carbocycles. The number of carbonyl (C=O) groups excluding carboxylic acids is 3. The number of carbonyl (C=O) groups is 3. The Labute approximate surface area is 238 Å². The first-order chi connectivity index (χ1) is 19.0. The summed E-state index contributed by atoms with van der Waals surface area (Å²) >= 11 is 0. The monoisotopic (exact) mass is 557 g/mol. The Morgan fingerprint density at radius 3 is 2.25 bits per heavy atom. The topological polar surface area (TPSA) is 103 Å². The first kappa shape index (κ1) is 30.4. The van der Waals surface area contributed by atoms with E-state index in [0.717, 1.165) is 31.2 Å². The Kier molecular flexibility index (Phi) is 9.88. The van der Waals surface area contributed by atoms with Crippen LogP contribution < -0.4 is 21.3 Å². The molecule has 0 unspecified atom stereocenters. The Hall–Kier alpha value is -2.52. The molecule has 1 saturated carbocycles. The summed E-state index contributed by atoms with van der Waals surface area (Å²) in [5, 5.41) is 12.8. The molecule has 0 bridgehead atoms. The van der Waals surface area contributed by atoms with Gasteiger partial charge < -0.3 is 26.2 Å². The molecule has 222 valence electrons. The minimum absolute atomic E-state index is 0.111. The summed E-state index contributed by atoms with van der Waals surface area (Å²) in [7, 11) is 0. The zero-order valence-corrected chi connectivity index (χ0v) is 24.7. The first-order valence-electron chi connectivity index (χ1n) is 15.1.